The van der Waals surface area contributed by atoms with Crippen LogP contribution in [0.1, 0.15) is 47.0 Å². The predicted molar refractivity (Wildman–Crippen MR) is 72.1 cm³/mol. The van der Waals surface area contributed by atoms with Crippen LogP contribution < -0.4 is 0 Å². The van der Waals surface area contributed by atoms with Gasteiger partial charge in [0.1, 0.15) is 5.56 Å². The average molecular weight is 275 g/mol. The lowest BCUT2D eigenvalue weighted by Crippen LogP contribution is -2.11. The van der Waals surface area contributed by atoms with E-state index < -0.39 is 5.97 Å². The van der Waals surface area contributed by atoms with E-state index in [1.54, 1.807) is 13.8 Å². The molecule has 0 atom stereocenters. The molecule has 0 amide bonds. The van der Waals surface area contributed by atoms with Crippen LogP contribution in [-0.2, 0) is 12.8 Å². The van der Waals surface area contributed by atoms with E-state index >= 15 is 0 Å². The highest BCUT2D eigenvalue weighted by Gasteiger charge is 2.20. The maximum Gasteiger partial charge on any atom is 0.339 e. The highest BCUT2D eigenvalue weighted by atomic mass is 16.4. The molecule has 0 aliphatic carbocycles. The Bertz CT molecular complexity index is 663. The largest absolute Gasteiger partial charge is 0.478 e. The molecule has 0 bridgehead atoms. The van der Waals surface area contributed by atoms with Crippen molar-refractivity contribution >= 4 is 5.97 Å². The van der Waals surface area contributed by atoms with Gasteiger partial charge in [-0.25, -0.2) is 14.5 Å². The quantitative estimate of drug-likeness (QED) is 0.908. The molecule has 0 aliphatic heterocycles. The second-order valence-corrected chi connectivity index (χ2v) is 4.48. The monoisotopic (exact) mass is 275 g/mol. The summed E-state index contributed by atoms with van der Waals surface area (Å²) < 4.78 is 1.43. The fraction of sp³-hybridized carbons (Fsp3) is 0.462. The van der Waals surface area contributed by atoms with Crippen molar-refractivity contribution in [3.63, 3.8) is 0 Å². The van der Waals surface area contributed by atoms with Gasteiger partial charge in [0, 0.05) is 0 Å². The van der Waals surface area contributed by atoms with Gasteiger partial charge in [-0.1, -0.05) is 13.8 Å². The molecule has 0 saturated heterocycles. The molecule has 7 heteroatoms. The van der Waals surface area contributed by atoms with Gasteiger partial charge in [-0.15, -0.1) is 10.2 Å². The summed E-state index contributed by atoms with van der Waals surface area (Å²) in [4.78, 5) is 15.6. The van der Waals surface area contributed by atoms with Gasteiger partial charge in [-0.05, 0) is 26.7 Å². The van der Waals surface area contributed by atoms with Crippen LogP contribution >= 0.6 is 0 Å². The van der Waals surface area contributed by atoms with E-state index in [9.17, 15) is 9.90 Å². The van der Waals surface area contributed by atoms with Gasteiger partial charge >= 0.3 is 5.97 Å². The van der Waals surface area contributed by atoms with E-state index in [0.717, 1.165) is 24.2 Å². The molecule has 1 N–H and O–H groups in total. The van der Waals surface area contributed by atoms with E-state index in [0.29, 0.717) is 17.3 Å². The molecule has 0 fully saturated rings. The molecule has 2 rings (SSSR count). The molecule has 20 heavy (non-hydrogen) atoms. The Morgan fingerprint density at radius 3 is 2.30 bits per heavy atom. The number of aromatic nitrogens is 5. The average Bonchev–Trinajstić information content (AvgIpc) is 2.73. The Balaban J connectivity index is 2.58. The zero-order chi connectivity index (χ0) is 14.9. The Labute approximate surface area is 116 Å². The van der Waals surface area contributed by atoms with Gasteiger partial charge in [0.05, 0.1) is 22.8 Å². The van der Waals surface area contributed by atoms with Gasteiger partial charge in [-0.3, -0.25) is 0 Å². The number of aryl methyl sites for hydroxylation is 3. The number of aromatic carboxylic acids is 1. The first-order chi connectivity index (χ1) is 9.49. The van der Waals surface area contributed by atoms with Crippen molar-refractivity contribution < 1.29 is 9.90 Å². The van der Waals surface area contributed by atoms with Gasteiger partial charge in [0.25, 0.3) is 5.95 Å². The van der Waals surface area contributed by atoms with Crippen LogP contribution in [0.25, 0.3) is 5.95 Å². The first kappa shape index (κ1) is 14.1. The smallest absolute Gasteiger partial charge is 0.339 e. The van der Waals surface area contributed by atoms with Gasteiger partial charge < -0.3 is 5.11 Å². The van der Waals surface area contributed by atoms with Crippen LogP contribution in [0.15, 0.2) is 0 Å². The second kappa shape index (κ2) is 5.36. The van der Waals surface area contributed by atoms with Crippen LogP contribution in [0.2, 0.25) is 0 Å². The highest BCUT2D eigenvalue weighted by molar-refractivity contribution is 5.90. The predicted octanol–water partition coefficient (Wildman–Crippen LogP) is 1.50. The topological polar surface area (TPSA) is 93.8 Å². The zero-order valence-corrected chi connectivity index (χ0v) is 12.0. The SMILES string of the molecule is CCc1nnc(-n2nc(C)c(C(=O)O)c2C)nc1CC. The summed E-state index contributed by atoms with van der Waals surface area (Å²) >= 11 is 0. The number of rotatable bonds is 4. The summed E-state index contributed by atoms with van der Waals surface area (Å²) in [6.45, 7) is 7.33. The minimum atomic E-state index is -1.000. The Hall–Kier alpha value is -2.31. The van der Waals surface area contributed by atoms with E-state index in [4.69, 9.17) is 0 Å². The molecule has 0 radical (unpaired) electrons. The fourth-order valence-corrected chi connectivity index (χ4v) is 2.16. The van der Waals surface area contributed by atoms with Crippen LogP contribution in [-0.4, -0.2) is 36.0 Å². The van der Waals surface area contributed by atoms with E-state index in [2.05, 4.69) is 20.3 Å². The molecular weight excluding hydrogens is 258 g/mol. The second-order valence-electron chi connectivity index (χ2n) is 4.48. The van der Waals surface area contributed by atoms with Crippen molar-refractivity contribution in [1.82, 2.24) is 25.0 Å². The highest BCUT2D eigenvalue weighted by Crippen LogP contribution is 2.16. The van der Waals surface area contributed by atoms with Crippen molar-refractivity contribution in [2.24, 2.45) is 0 Å². The summed E-state index contributed by atoms with van der Waals surface area (Å²) in [6.07, 6.45) is 1.51. The molecule has 2 heterocycles. The van der Waals surface area contributed by atoms with Gasteiger partial charge in [0.2, 0.25) is 0 Å². The van der Waals surface area contributed by atoms with Gasteiger partial charge in [0.15, 0.2) is 0 Å². The number of carboxylic acids is 1. The number of carbonyl (C=O) groups is 1. The van der Waals surface area contributed by atoms with Crippen LogP contribution in [0.5, 0.6) is 0 Å². The normalized spacial score (nSPS) is 10.8. The third kappa shape index (κ3) is 2.26. The first-order valence-corrected chi connectivity index (χ1v) is 6.51. The lowest BCUT2D eigenvalue weighted by atomic mass is 10.2. The van der Waals surface area contributed by atoms with Crippen molar-refractivity contribution in [1.29, 1.82) is 0 Å². The van der Waals surface area contributed by atoms with E-state index in [-0.39, 0.29) is 5.56 Å². The zero-order valence-electron chi connectivity index (χ0n) is 12.0. The summed E-state index contributed by atoms with van der Waals surface area (Å²) in [5, 5.41) is 21.6. The molecular formula is C13H17N5O2. The Kier molecular flexibility index (Phi) is 3.78. The molecule has 0 saturated carbocycles. The van der Waals surface area contributed by atoms with Crippen LogP contribution in [0.3, 0.4) is 0 Å². The van der Waals surface area contributed by atoms with Crippen LogP contribution in [0.4, 0.5) is 0 Å². The van der Waals surface area contributed by atoms with E-state index in [1.165, 1.54) is 4.68 Å². The maximum absolute atomic E-state index is 11.2. The maximum atomic E-state index is 11.2. The van der Waals surface area contributed by atoms with Crippen molar-refractivity contribution in [3.05, 3.63) is 28.3 Å². The Morgan fingerprint density at radius 1 is 1.15 bits per heavy atom. The van der Waals surface area contributed by atoms with Gasteiger partial charge in [-0.2, -0.15) is 5.10 Å². The molecule has 2 aromatic rings. The minimum Gasteiger partial charge on any atom is -0.478 e. The summed E-state index contributed by atoms with van der Waals surface area (Å²) in [6, 6.07) is 0. The number of hydrogen-bond donors (Lipinski definition) is 1. The van der Waals surface area contributed by atoms with Crippen molar-refractivity contribution in [2.45, 2.75) is 40.5 Å². The molecule has 0 aromatic carbocycles. The minimum absolute atomic E-state index is 0.186. The summed E-state index contributed by atoms with van der Waals surface area (Å²) in [7, 11) is 0. The Morgan fingerprint density at radius 2 is 1.80 bits per heavy atom. The third-order valence-electron chi connectivity index (χ3n) is 3.19. The first-order valence-electron chi connectivity index (χ1n) is 6.51. The van der Waals surface area contributed by atoms with Crippen molar-refractivity contribution in [3.8, 4) is 5.95 Å². The molecule has 7 nitrogen and oxygen atoms in total. The number of hydrogen-bond acceptors (Lipinski definition) is 5. The third-order valence-corrected chi connectivity index (χ3v) is 3.19. The molecule has 2 aromatic heterocycles. The fourth-order valence-electron chi connectivity index (χ4n) is 2.16. The number of carboxylic acid groups (broad SMARTS) is 1. The summed E-state index contributed by atoms with van der Waals surface area (Å²) in [5.74, 6) is -0.688. The summed E-state index contributed by atoms with van der Waals surface area (Å²) in [5.41, 5.74) is 2.85. The van der Waals surface area contributed by atoms with Crippen molar-refractivity contribution in [2.75, 3.05) is 0 Å². The molecule has 106 valence electrons. The standard InChI is InChI=1S/C13H17N5O2/c1-5-9-10(6-2)15-16-13(14-9)18-8(4)11(12(19)20)7(3)17-18/h5-6H2,1-4H3,(H,19,20). The molecule has 0 aliphatic rings. The van der Waals surface area contributed by atoms with E-state index in [1.807, 2.05) is 13.8 Å². The lowest BCUT2D eigenvalue weighted by molar-refractivity contribution is 0.0695. The lowest BCUT2D eigenvalue weighted by Gasteiger charge is -2.06. The van der Waals surface area contributed by atoms with Crippen LogP contribution in [0, 0.1) is 13.8 Å². The molecule has 0 unspecified atom stereocenters. The molecule has 0 spiro atoms. The number of nitrogens with zero attached hydrogens (tertiary/aromatic N) is 5.